The van der Waals surface area contributed by atoms with Gasteiger partial charge in [0.15, 0.2) is 0 Å². The van der Waals surface area contributed by atoms with Crippen molar-refractivity contribution in [1.29, 1.82) is 0 Å². The number of alkyl halides is 3. The molecule has 3 N–H and O–H groups in total. The third-order valence-electron chi connectivity index (χ3n) is 4.16. The molecule has 1 rings (SSSR count). The molecule has 1 saturated heterocycles. The average molecular weight is 443 g/mol. The Morgan fingerprint density at radius 3 is 1.30 bits per heavy atom. The summed E-state index contributed by atoms with van der Waals surface area (Å²) in [7, 11) is 0. The van der Waals surface area contributed by atoms with Crippen LogP contribution in [-0.4, -0.2) is 60.2 Å². The van der Waals surface area contributed by atoms with Gasteiger partial charge in [0.25, 0.3) is 0 Å². The molecule has 11 heteroatoms. The first-order valence-electron chi connectivity index (χ1n) is 7.29. The number of nitrogens with one attached hydrogen (secondary N) is 3. The molecule has 0 amide bonds. The van der Waals surface area contributed by atoms with Crippen LogP contribution in [-0.2, 0) is 15.6 Å². The van der Waals surface area contributed by atoms with Gasteiger partial charge in [0.1, 0.15) is 0 Å². The van der Waals surface area contributed by atoms with Gasteiger partial charge in [-0.25, -0.2) is 0 Å². The second kappa shape index (κ2) is 11.8. The molecule has 0 unspecified atom stereocenters. The topological polar surface area (TPSA) is 39.3 Å². The zero-order valence-electron chi connectivity index (χ0n) is 14.0. The second-order valence-corrected chi connectivity index (χ2v) is 18.1. The Bertz CT molecular complexity index is 302. The van der Waals surface area contributed by atoms with Crippen molar-refractivity contribution >= 4 is 37.2 Å². The normalized spacial score (nSPS) is 21.0. The van der Waals surface area contributed by atoms with Crippen molar-refractivity contribution in [3.8, 4) is 0 Å². The SMILES string of the molecule is Cl.Cl.Cl.[CH3][Ti]([CH3])([CH3])([N]1CCNCCNCCNCC1)[C](F)(F)F. The van der Waals surface area contributed by atoms with Gasteiger partial charge in [0.2, 0.25) is 0 Å². The molecule has 0 radical (unpaired) electrons. The van der Waals surface area contributed by atoms with Gasteiger partial charge in [-0.3, -0.25) is 0 Å². The van der Waals surface area contributed by atoms with Gasteiger partial charge in [-0.15, -0.1) is 37.2 Å². The van der Waals surface area contributed by atoms with Crippen molar-refractivity contribution in [2.75, 3.05) is 52.4 Å². The third-order valence-corrected chi connectivity index (χ3v) is 11.4. The molecular formula is C12H31Cl3F3N4Ti. The van der Waals surface area contributed by atoms with Gasteiger partial charge in [0, 0.05) is 0 Å². The molecule has 0 aromatic rings. The van der Waals surface area contributed by atoms with Crippen molar-refractivity contribution in [3.05, 3.63) is 0 Å². The van der Waals surface area contributed by atoms with Crippen LogP contribution in [0, 0.1) is 0 Å². The van der Waals surface area contributed by atoms with Crippen molar-refractivity contribution in [2.45, 2.75) is 20.2 Å². The first kappa shape index (κ1) is 29.0. The number of hydrogen-bond donors (Lipinski definition) is 3. The Balaban J connectivity index is -0.00000133. The predicted octanol–water partition coefficient (Wildman–Crippen LogP) is 2.60. The number of rotatable bonds is 1. The molecular weight excluding hydrogens is 411 g/mol. The predicted molar refractivity (Wildman–Crippen MR) is 95.6 cm³/mol. The van der Waals surface area contributed by atoms with Gasteiger partial charge in [-0.1, -0.05) is 0 Å². The molecule has 1 heterocycles. The van der Waals surface area contributed by atoms with Crippen LogP contribution in [0.3, 0.4) is 0 Å². The summed E-state index contributed by atoms with van der Waals surface area (Å²) in [5, 5.41) is 14.1. The zero-order valence-corrected chi connectivity index (χ0v) is 18.0. The Morgan fingerprint density at radius 1 is 0.696 bits per heavy atom. The molecule has 145 valence electrons. The van der Waals surface area contributed by atoms with E-state index in [4.69, 9.17) is 0 Å². The van der Waals surface area contributed by atoms with Crippen LogP contribution in [0.5, 0.6) is 0 Å². The second-order valence-electron chi connectivity index (χ2n) is 6.77. The Morgan fingerprint density at radius 2 is 1.00 bits per heavy atom. The third kappa shape index (κ3) is 8.43. The van der Waals surface area contributed by atoms with Crippen LogP contribution in [0.25, 0.3) is 0 Å². The minimum absolute atomic E-state index is 0. The van der Waals surface area contributed by atoms with Gasteiger partial charge in [-0.2, -0.15) is 0 Å². The molecule has 1 aliphatic rings. The maximum atomic E-state index is 13.6. The average Bonchev–Trinajstić information content (AvgIpc) is 2.26. The van der Waals surface area contributed by atoms with Crippen LogP contribution in [0.15, 0.2) is 0 Å². The van der Waals surface area contributed by atoms with E-state index in [9.17, 15) is 13.2 Å². The summed E-state index contributed by atoms with van der Waals surface area (Å²) in [6.07, 6.45) is 0. The van der Waals surface area contributed by atoms with Crippen molar-refractivity contribution < 1.29 is 28.7 Å². The van der Waals surface area contributed by atoms with E-state index in [-0.39, 0.29) is 37.2 Å². The van der Waals surface area contributed by atoms with Gasteiger partial charge in [-0.05, 0) is 0 Å². The van der Waals surface area contributed by atoms with Crippen molar-refractivity contribution in [2.24, 2.45) is 0 Å². The van der Waals surface area contributed by atoms with Crippen LogP contribution in [0.1, 0.15) is 0 Å². The zero-order chi connectivity index (χ0) is 15.3. The molecule has 0 atom stereocenters. The van der Waals surface area contributed by atoms with Gasteiger partial charge >= 0.3 is 121 Å². The van der Waals surface area contributed by atoms with E-state index in [1.165, 1.54) is 15.7 Å². The van der Waals surface area contributed by atoms with Gasteiger partial charge in [0.05, 0.1) is 0 Å². The molecule has 0 aromatic heterocycles. The molecule has 0 spiro atoms. The molecule has 23 heavy (non-hydrogen) atoms. The molecule has 4 nitrogen and oxygen atoms in total. The van der Waals surface area contributed by atoms with Crippen LogP contribution >= 0.6 is 37.2 Å². The molecule has 0 aliphatic carbocycles. The van der Waals surface area contributed by atoms with Gasteiger partial charge < -0.3 is 0 Å². The van der Waals surface area contributed by atoms with E-state index in [0.29, 0.717) is 26.2 Å². The maximum absolute atomic E-state index is 13.6. The van der Waals surface area contributed by atoms with E-state index in [2.05, 4.69) is 16.0 Å². The van der Waals surface area contributed by atoms with Crippen LogP contribution in [0.4, 0.5) is 13.2 Å². The van der Waals surface area contributed by atoms with E-state index in [0.717, 1.165) is 26.2 Å². The number of nitrogens with zero attached hydrogens (tertiary/aromatic N) is 1. The van der Waals surface area contributed by atoms with E-state index in [1.807, 2.05) is 0 Å². The standard InChI is InChI=1S/C8H19N4.CF3.3CH3.3ClH.Ti/c1-2-10-5-6-12-8-7-11-4-3-9-1;2-1(3)4;;;;;;;/h9-11H,1-8H2;;3*1H3;3*1H;/q-1;;;;;;;;+1. The summed E-state index contributed by atoms with van der Waals surface area (Å²) >= 11 is -4.63. The number of hydrogen-bond acceptors (Lipinski definition) is 4. The quantitative estimate of drug-likeness (QED) is 0.546. The molecule has 1 fully saturated rings. The summed E-state index contributed by atoms with van der Waals surface area (Å²) in [6, 6.07) is 0. The van der Waals surface area contributed by atoms with E-state index in [1.54, 1.807) is 3.38 Å². The summed E-state index contributed by atoms with van der Waals surface area (Å²) in [4.78, 5) is 0. The fourth-order valence-electron chi connectivity index (χ4n) is 2.23. The Kier molecular flexibility index (Phi) is 14.8. The van der Waals surface area contributed by atoms with Crippen molar-refractivity contribution in [3.63, 3.8) is 0 Å². The Labute approximate surface area is 157 Å². The van der Waals surface area contributed by atoms with Crippen molar-refractivity contribution in [1.82, 2.24) is 19.3 Å². The molecule has 0 bridgehead atoms. The summed E-state index contributed by atoms with van der Waals surface area (Å²) < 4.78 is 38.3. The monoisotopic (exact) mass is 441 g/mol. The number of halogens is 6. The molecule has 0 saturated carbocycles. The molecule has 0 aromatic carbocycles. The summed E-state index contributed by atoms with van der Waals surface area (Å²) in [6.45, 7) is 5.41. The summed E-state index contributed by atoms with van der Waals surface area (Å²) in [5.41, 5.74) is 0. The summed E-state index contributed by atoms with van der Waals surface area (Å²) in [5.74, 6) is 0. The Hall–Kier alpha value is 1.21. The fourth-order valence-corrected chi connectivity index (χ4v) is 5.58. The van der Waals surface area contributed by atoms with E-state index >= 15 is 0 Å². The first-order valence-corrected chi connectivity index (χ1v) is 13.5. The van der Waals surface area contributed by atoms with Crippen LogP contribution in [0.2, 0.25) is 15.7 Å². The van der Waals surface area contributed by atoms with E-state index < -0.39 is 20.0 Å². The minimum atomic E-state index is -4.63. The van der Waals surface area contributed by atoms with Crippen LogP contribution < -0.4 is 16.0 Å². The molecule has 1 aliphatic heterocycles. The fraction of sp³-hybridized carbons (Fsp3) is 1.00. The first-order chi connectivity index (χ1) is 9.14.